The van der Waals surface area contributed by atoms with Crippen LogP contribution in [0, 0.1) is 0 Å². The molecule has 1 N–H and O–H groups in total. The highest BCUT2D eigenvalue weighted by molar-refractivity contribution is 5.81. The minimum absolute atomic E-state index is 0.0218. The van der Waals surface area contributed by atoms with Gasteiger partial charge in [0.15, 0.2) is 0 Å². The van der Waals surface area contributed by atoms with Crippen molar-refractivity contribution in [2.75, 3.05) is 19.6 Å². The van der Waals surface area contributed by atoms with Crippen LogP contribution in [0.2, 0.25) is 0 Å². The first-order valence-corrected chi connectivity index (χ1v) is 8.08. The number of likely N-dealkylation sites (tertiary alicyclic amines) is 2. The number of rotatable bonds is 4. The quantitative estimate of drug-likeness (QED) is 0.848. The lowest BCUT2D eigenvalue weighted by molar-refractivity contribution is -0.142. The highest BCUT2D eigenvalue weighted by Crippen LogP contribution is 2.31. The summed E-state index contributed by atoms with van der Waals surface area (Å²) in [6.45, 7) is 3.26. The van der Waals surface area contributed by atoms with Gasteiger partial charge in [0.2, 0.25) is 11.8 Å². The van der Waals surface area contributed by atoms with Crippen molar-refractivity contribution in [2.45, 2.75) is 63.8 Å². The van der Waals surface area contributed by atoms with Gasteiger partial charge in [-0.05, 0) is 39.2 Å². The average Bonchev–Trinajstić information content (AvgIpc) is 3.10. The molecular weight excluding hydrogens is 311 g/mol. The normalized spacial score (nSPS) is 27.3. The van der Waals surface area contributed by atoms with Crippen molar-refractivity contribution >= 4 is 11.8 Å². The molecule has 8 heteroatoms. The van der Waals surface area contributed by atoms with Gasteiger partial charge in [0, 0.05) is 25.6 Å². The molecule has 0 aromatic rings. The van der Waals surface area contributed by atoms with Gasteiger partial charge in [-0.25, -0.2) is 0 Å². The first-order chi connectivity index (χ1) is 10.7. The van der Waals surface area contributed by atoms with Crippen molar-refractivity contribution in [1.82, 2.24) is 15.1 Å². The van der Waals surface area contributed by atoms with Crippen LogP contribution in [0.5, 0.6) is 0 Å². The van der Waals surface area contributed by atoms with Crippen LogP contribution in [0.4, 0.5) is 13.2 Å². The summed E-state index contributed by atoms with van der Waals surface area (Å²) in [4.78, 5) is 27.6. The second-order valence-corrected chi connectivity index (χ2v) is 6.38. The predicted molar refractivity (Wildman–Crippen MR) is 78.7 cm³/mol. The number of amides is 2. The van der Waals surface area contributed by atoms with Crippen molar-refractivity contribution < 1.29 is 22.8 Å². The van der Waals surface area contributed by atoms with Crippen molar-refractivity contribution in [3.63, 3.8) is 0 Å². The van der Waals surface area contributed by atoms with Gasteiger partial charge in [-0.15, -0.1) is 0 Å². The SMILES string of the molecule is CC(=O)N1CCCC1C1CCCN1C(C)C(=O)NCC(F)(F)F. The third-order valence-corrected chi connectivity index (χ3v) is 4.83. The van der Waals surface area contributed by atoms with Gasteiger partial charge in [-0.2, -0.15) is 13.2 Å². The Balaban J connectivity index is 2.00. The molecule has 132 valence electrons. The van der Waals surface area contributed by atoms with Crippen LogP contribution in [-0.2, 0) is 9.59 Å². The maximum atomic E-state index is 12.2. The van der Waals surface area contributed by atoms with Crippen LogP contribution in [0.25, 0.3) is 0 Å². The van der Waals surface area contributed by atoms with E-state index in [1.54, 1.807) is 6.92 Å². The largest absolute Gasteiger partial charge is 0.405 e. The number of halogens is 3. The van der Waals surface area contributed by atoms with Crippen LogP contribution in [0.15, 0.2) is 0 Å². The molecule has 5 nitrogen and oxygen atoms in total. The standard InChI is InChI=1S/C15H24F3N3O2/c1-10(14(23)19-9-15(16,17)18)20-7-3-5-12(20)13-6-4-8-21(13)11(2)22/h10,12-13H,3-9H2,1-2H3,(H,19,23). The van der Waals surface area contributed by atoms with Gasteiger partial charge in [-0.3, -0.25) is 14.5 Å². The van der Waals surface area contributed by atoms with Crippen LogP contribution in [0.3, 0.4) is 0 Å². The molecule has 2 aliphatic rings. The fourth-order valence-electron chi connectivity index (χ4n) is 3.78. The van der Waals surface area contributed by atoms with Crippen molar-refractivity contribution in [2.24, 2.45) is 0 Å². The van der Waals surface area contributed by atoms with E-state index in [0.717, 1.165) is 32.2 Å². The summed E-state index contributed by atoms with van der Waals surface area (Å²) in [7, 11) is 0. The van der Waals surface area contributed by atoms with E-state index in [1.165, 1.54) is 6.92 Å². The van der Waals surface area contributed by atoms with Crippen molar-refractivity contribution in [3.05, 3.63) is 0 Å². The molecule has 0 aromatic carbocycles. The lowest BCUT2D eigenvalue weighted by atomic mass is 10.0. The van der Waals surface area contributed by atoms with E-state index >= 15 is 0 Å². The highest BCUT2D eigenvalue weighted by atomic mass is 19.4. The maximum Gasteiger partial charge on any atom is 0.405 e. The molecule has 2 aliphatic heterocycles. The molecule has 2 amide bonds. The van der Waals surface area contributed by atoms with E-state index in [2.05, 4.69) is 0 Å². The maximum absolute atomic E-state index is 12.2. The second kappa shape index (κ2) is 7.07. The Hall–Kier alpha value is -1.31. The predicted octanol–water partition coefficient (Wildman–Crippen LogP) is 1.53. The number of hydrogen-bond donors (Lipinski definition) is 1. The van der Waals surface area contributed by atoms with Gasteiger partial charge in [0.1, 0.15) is 6.54 Å². The molecule has 2 rings (SSSR count). The Bertz CT molecular complexity index is 456. The molecule has 0 saturated carbocycles. The van der Waals surface area contributed by atoms with Crippen LogP contribution >= 0.6 is 0 Å². The Morgan fingerprint density at radius 1 is 1.17 bits per heavy atom. The lowest BCUT2D eigenvalue weighted by Gasteiger charge is -2.37. The van der Waals surface area contributed by atoms with Gasteiger partial charge in [0.25, 0.3) is 0 Å². The molecule has 3 unspecified atom stereocenters. The smallest absolute Gasteiger partial charge is 0.346 e. The van der Waals surface area contributed by atoms with E-state index in [1.807, 2.05) is 15.1 Å². The molecule has 23 heavy (non-hydrogen) atoms. The second-order valence-electron chi connectivity index (χ2n) is 6.38. The fourth-order valence-corrected chi connectivity index (χ4v) is 3.78. The summed E-state index contributed by atoms with van der Waals surface area (Å²) in [6, 6.07) is -0.514. The monoisotopic (exact) mass is 335 g/mol. The number of carbonyl (C=O) groups is 2. The molecule has 0 radical (unpaired) electrons. The summed E-state index contributed by atoms with van der Waals surface area (Å²) < 4.78 is 36.7. The van der Waals surface area contributed by atoms with Gasteiger partial charge < -0.3 is 10.2 Å². The number of carbonyl (C=O) groups excluding carboxylic acids is 2. The van der Waals surface area contributed by atoms with Gasteiger partial charge >= 0.3 is 6.18 Å². The Morgan fingerprint density at radius 2 is 1.78 bits per heavy atom. The first kappa shape index (κ1) is 18.0. The third kappa shape index (κ3) is 4.37. The highest BCUT2D eigenvalue weighted by Gasteiger charge is 2.42. The number of nitrogens with one attached hydrogen (secondary N) is 1. The molecule has 0 spiro atoms. The molecular formula is C15H24F3N3O2. The Kier molecular flexibility index (Phi) is 5.54. The first-order valence-electron chi connectivity index (χ1n) is 8.08. The van der Waals surface area contributed by atoms with Crippen molar-refractivity contribution in [3.8, 4) is 0 Å². The molecule has 3 atom stereocenters. The molecule has 0 bridgehead atoms. The fraction of sp³-hybridized carbons (Fsp3) is 0.867. The number of nitrogens with zero attached hydrogens (tertiary/aromatic N) is 2. The molecule has 0 aliphatic carbocycles. The number of hydrogen-bond acceptors (Lipinski definition) is 3. The van der Waals surface area contributed by atoms with E-state index in [0.29, 0.717) is 6.54 Å². The van der Waals surface area contributed by atoms with Gasteiger partial charge in [0.05, 0.1) is 6.04 Å². The van der Waals surface area contributed by atoms with E-state index in [9.17, 15) is 22.8 Å². The molecule has 2 heterocycles. The number of alkyl halides is 3. The van der Waals surface area contributed by atoms with Crippen LogP contribution < -0.4 is 5.32 Å². The summed E-state index contributed by atoms with van der Waals surface area (Å²) in [6.07, 6.45) is -0.827. The average molecular weight is 335 g/mol. The topological polar surface area (TPSA) is 52.7 Å². The lowest BCUT2D eigenvalue weighted by Crippen LogP contribution is -2.54. The zero-order valence-electron chi connectivity index (χ0n) is 13.5. The van der Waals surface area contributed by atoms with E-state index in [4.69, 9.17) is 0 Å². The van der Waals surface area contributed by atoms with Crippen LogP contribution in [-0.4, -0.2) is 65.6 Å². The van der Waals surface area contributed by atoms with Crippen molar-refractivity contribution in [1.29, 1.82) is 0 Å². The van der Waals surface area contributed by atoms with E-state index in [-0.39, 0.29) is 18.0 Å². The molecule has 0 aromatic heterocycles. The third-order valence-electron chi connectivity index (χ3n) is 4.83. The van der Waals surface area contributed by atoms with E-state index < -0.39 is 24.7 Å². The summed E-state index contributed by atoms with van der Waals surface area (Å²) >= 11 is 0. The Labute approximate surface area is 134 Å². The summed E-state index contributed by atoms with van der Waals surface area (Å²) in [5.41, 5.74) is 0. The molecule has 2 saturated heterocycles. The van der Waals surface area contributed by atoms with Crippen LogP contribution in [0.1, 0.15) is 39.5 Å². The Morgan fingerprint density at radius 3 is 2.39 bits per heavy atom. The summed E-state index contributed by atoms with van der Waals surface area (Å²) in [5.74, 6) is -0.588. The zero-order valence-corrected chi connectivity index (χ0v) is 13.5. The summed E-state index contributed by atoms with van der Waals surface area (Å²) in [5, 5.41) is 1.96. The minimum atomic E-state index is -4.41. The molecule has 2 fully saturated rings. The zero-order chi connectivity index (χ0) is 17.2. The minimum Gasteiger partial charge on any atom is -0.346 e. The van der Waals surface area contributed by atoms with Gasteiger partial charge in [-0.1, -0.05) is 0 Å².